The topological polar surface area (TPSA) is 91.3 Å². The number of carboxylic acids is 1. The molecule has 1 aromatic heterocycles. The average Bonchev–Trinajstić information content (AvgIpc) is 2.46. The van der Waals surface area contributed by atoms with E-state index in [1.807, 2.05) is 0 Å². The maximum absolute atomic E-state index is 11.2. The van der Waals surface area contributed by atoms with Crippen LogP contribution in [0.4, 0.5) is 5.82 Å². The van der Waals surface area contributed by atoms with Gasteiger partial charge in [-0.2, -0.15) is 0 Å². The van der Waals surface area contributed by atoms with Crippen LogP contribution in [0.15, 0.2) is 18.3 Å². The van der Waals surface area contributed by atoms with Crippen molar-refractivity contribution in [3.63, 3.8) is 0 Å². The van der Waals surface area contributed by atoms with Crippen LogP contribution in [0.2, 0.25) is 0 Å². The molecule has 0 radical (unpaired) electrons. The Morgan fingerprint density at radius 1 is 1.47 bits per heavy atom. The van der Waals surface area contributed by atoms with E-state index in [0.717, 1.165) is 11.6 Å². The molecule has 6 nitrogen and oxygen atoms in total. The lowest BCUT2D eigenvalue weighted by Gasteiger charge is -2.05. The zero-order valence-electron chi connectivity index (χ0n) is 8.93. The molecule has 0 atom stereocenters. The summed E-state index contributed by atoms with van der Waals surface area (Å²) < 4.78 is 0. The molecule has 3 N–H and O–H groups in total. The van der Waals surface area contributed by atoms with Crippen LogP contribution in [0.5, 0.6) is 0 Å². The number of fused-ring (bicyclic) bond motifs is 1. The molecular weight excluding hydrogens is 222 g/mol. The second-order valence-corrected chi connectivity index (χ2v) is 3.60. The molecule has 0 spiro atoms. The summed E-state index contributed by atoms with van der Waals surface area (Å²) in [7, 11) is 0. The highest BCUT2D eigenvalue weighted by molar-refractivity contribution is 5.92. The second-order valence-electron chi connectivity index (χ2n) is 3.60. The van der Waals surface area contributed by atoms with Crippen LogP contribution in [-0.4, -0.2) is 28.5 Å². The first kappa shape index (κ1) is 11.3. The standard InChI is InChI=1S/C11H11N3O3/c15-9-6-12-5-8-3-7(1-2-10(16)17)4-13-11(8)14-9/h1-4,12H,5-6H2,(H,16,17)(H,13,14,15)/b2-1+. The minimum atomic E-state index is -1.01. The number of anilines is 1. The van der Waals surface area contributed by atoms with Gasteiger partial charge in [0.25, 0.3) is 0 Å². The largest absolute Gasteiger partial charge is 0.478 e. The SMILES string of the molecule is O=C(O)/C=C/c1cnc2c(c1)CNCC(=O)N2. The summed E-state index contributed by atoms with van der Waals surface area (Å²) in [6, 6.07) is 1.79. The number of hydrogen-bond acceptors (Lipinski definition) is 4. The minimum Gasteiger partial charge on any atom is -0.478 e. The monoisotopic (exact) mass is 233 g/mol. The number of pyridine rings is 1. The summed E-state index contributed by atoms with van der Waals surface area (Å²) in [5, 5.41) is 14.1. The highest BCUT2D eigenvalue weighted by atomic mass is 16.4. The van der Waals surface area contributed by atoms with Crippen LogP contribution in [0.3, 0.4) is 0 Å². The van der Waals surface area contributed by atoms with Crippen LogP contribution >= 0.6 is 0 Å². The molecule has 88 valence electrons. The lowest BCUT2D eigenvalue weighted by molar-refractivity contribution is -0.131. The summed E-state index contributed by atoms with van der Waals surface area (Å²) in [4.78, 5) is 25.7. The third-order valence-corrected chi connectivity index (χ3v) is 2.26. The fraction of sp³-hybridized carbons (Fsp3) is 0.182. The Morgan fingerprint density at radius 2 is 2.29 bits per heavy atom. The van der Waals surface area contributed by atoms with Gasteiger partial charge in [-0.3, -0.25) is 4.79 Å². The molecule has 1 aliphatic rings. The number of rotatable bonds is 2. The van der Waals surface area contributed by atoms with E-state index < -0.39 is 5.97 Å². The van der Waals surface area contributed by atoms with Gasteiger partial charge in [0.05, 0.1) is 6.54 Å². The molecule has 0 fully saturated rings. The third kappa shape index (κ3) is 2.88. The Morgan fingerprint density at radius 3 is 3.06 bits per heavy atom. The summed E-state index contributed by atoms with van der Waals surface area (Å²) in [6.07, 6.45) is 4.03. The first-order chi connectivity index (χ1) is 8.15. The van der Waals surface area contributed by atoms with Crippen molar-refractivity contribution >= 4 is 23.8 Å². The maximum Gasteiger partial charge on any atom is 0.328 e. The lowest BCUT2D eigenvalue weighted by atomic mass is 10.1. The number of carbonyl (C=O) groups excluding carboxylic acids is 1. The molecule has 1 aliphatic heterocycles. The van der Waals surface area contributed by atoms with Crippen molar-refractivity contribution in [2.45, 2.75) is 6.54 Å². The van der Waals surface area contributed by atoms with Crippen molar-refractivity contribution in [3.8, 4) is 0 Å². The molecule has 0 aliphatic carbocycles. The Balaban J connectivity index is 2.27. The van der Waals surface area contributed by atoms with Gasteiger partial charge in [0.15, 0.2) is 0 Å². The zero-order chi connectivity index (χ0) is 12.3. The van der Waals surface area contributed by atoms with Crippen LogP contribution in [0, 0.1) is 0 Å². The third-order valence-electron chi connectivity index (χ3n) is 2.26. The van der Waals surface area contributed by atoms with E-state index in [1.165, 1.54) is 12.3 Å². The highest BCUT2D eigenvalue weighted by Crippen LogP contribution is 2.16. The minimum absolute atomic E-state index is 0.134. The second kappa shape index (κ2) is 4.75. The van der Waals surface area contributed by atoms with E-state index in [-0.39, 0.29) is 12.5 Å². The first-order valence-corrected chi connectivity index (χ1v) is 5.05. The quantitative estimate of drug-likeness (QED) is 0.636. The normalized spacial score (nSPS) is 15.2. The fourth-order valence-corrected chi connectivity index (χ4v) is 1.52. The summed E-state index contributed by atoms with van der Waals surface area (Å²) >= 11 is 0. The van der Waals surface area contributed by atoms with Crippen LogP contribution in [0.1, 0.15) is 11.1 Å². The van der Waals surface area contributed by atoms with Gasteiger partial charge >= 0.3 is 5.97 Å². The van der Waals surface area contributed by atoms with Gasteiger partial charge in [-0.15, -0.1) is 0 Å². The molecule has 1 amide bonds. The first-order valence-electron chi connectivity index (χ1n) is 5.05. The van der Waals surface area contributed by atoms with Crippen LogP contribution < -0.4 is 10.6 Å². The fourth-order valence-electron chi connectivity index (χ4n) is 1.52. The Labute approximate surface area is 97.4 Å². The smallest absolute Gasteiger partial charge is 0.328 e. The van der Waals surface area contributed by atoms with E-state index in [0.29, 0.717) is 17.9 Å². The molecule has 0 saturated heterocycles. The molecule has 6 heteroatoms. The Hall–Kier alpha value is -2.21. The molecule has 1 aromatic rings. The van der Waals surface area contributed by atoms with E-state index in [4.69, 9.17) is 5.11 Å². The van der Waals surface area contributed by atoms with Gasteiger partial charge in [0, 0.05) is 24.4 Å². The van der Waals surface area contributed by atoms with Gasteiger partial charge in [-0.05, 0) is 17.7 Å². The van der Waals surface area contributed by atoms with E-state index in [2.05, 4.69) is 15.6 Å². The van der Waals surface area contributed by atoms with Crippen molar-refractivity contribution in [2.75, 3.05) is 11.9 Å². The molecule has 0 unspecified atom stereocenters. The number of aliphatic carboxylic acids is 1. The maximum atomic E-state index is 11.2. The van der Waals surface area contributed by atoms with Crippen molar-refractivity contribution in [1.29, 1.82) is 0 Å². The number of nitrogens with one attached hydrogen (secondary N) is 2. The number of nitrogens with zero attached hydrogens (tertiary/aromatic N) is 1. The van der Waals surface area contributed by atoms with Gasteiger partial charge in [0.1, 0.15) is 5.82 Å². The predicted octanol–water partition coefficient (Wildman–Crippen LogP) is 0.221. The molecule has 0 aromatic carbocycles. The zero-order valence-corrected chi connectivity index (χ0v) is 8.93. The molecule has 2 rings (SSSR count). The van der Waals surface area contributed by atoms with Crippen molar-refractivity contribution in [1.82, 2.24) is 10.3 Å². The van der Waals surface area contributed by atoms with E-state index >= 15 is 0 Å². The summed E-state index contributed by atoms with van der Waals surface area (Å²) in [6.45, 7) is 0.770. The van der Waals surface area contributed by atoms with Crippen LogP contribution in [0.25, 0.3) is 6.08 Å². The molecular formula is C11H11N3O3. The van der Waals surface area contributed by atoms with E-state index in [1.54, 1.807) is 6.07 Å². The molecule has 17 heavy (non-hydrogen) atoms. The van der Waals surface area contributed by atoms with Gasteiger partial charge < -0.3 is 15.7 Å². The Kier molecular flexibility index (Phi) is 3.15. The van der Waals surface area contributed by atoms with Gasteiger partial charge in [-0.25, -0.2) is 9.78 Å². The number of amides is 1. The highest BCUT2D eigenvalue weighted by Gasteiger charge is 2.13. The Bertz CT molecular complexity index is 497. The predicted molar refractivity (Wildman–Crippen MR) is 61.2 cm³/mol. The van der Waals surface area contributed by atoms with Crippen molar-refractivity contribution in [2.24, 2.45) is 0 Å². The number of aromatic nitrogens is 1. The number of carbonyl (C=O) groups is 2. The lowest BCUT2D eigenvalue weighted by Crippen LogP contribution is -2.23. The molecule has 0 saturated carbocycles. The summed E-state index contributed by atoms with van der Waals surface area (Å²) in [5.74, 6) is -0.621. The van der Waals surface area contributed by atoms with Crippen molar-refractivity contribution in [3.05, 3.63) is 29.5 Å². The molecule has 0 bridgehead atoms. The number of hydrogen-bond donors (Lipinski definition) is 3. The van der Waals surface area contributed by atoms with Gasteiger partial charge in [0.2, 0.25) is 5.91 Å². The van der Waals surface area contributed by atoms with E-state index in [9.17, 15) is 9.59 Å². The average molecular weight is 233 g/mol. The van der Waals surface area contributed by atoms with Crippen LogP contribution in [-0.2, 0) is 16.1 Å². The number of carboxylic acid groups (broad SMARTS) is 1. The molecule has 2 heterocycles. The van der Waals surface area contributed by atoms with Crippen molar-refractivity contribution < 1.29 is 14.7 Å². The van der Waals surface area contributed by atoms with Gasteiger partial charge in [-0.1, -0.05) is 0 Å². The summed E-state index contributed by atoms with van der Waals surface area (Å²) in [5.41, 5.74) is 1.52.